The van der Waals surface area contributed by atoms with Crippen LogP contribution in [-0.2, 0) is 16.0 Å². The average molecular weight is 320 g/mol. The van der Waals surface area contributed by atoms with E-state index in [1.54, 1.807) is 7.11 Å². The van der Waals surface area contributed by atoms with Crippen molar-refractivity contribution in [1.82, 2.24) is 10.2 Å². The quantitative estimate of drug-likeness (QED) is 0.701. The lowest BCUT2D eigenvalue weighted by Crippen LogP contribution is -2.47. The average Bonchev–Trinajstić information content (AvgIpc) is 3.41. The Kier molecular flexibility index (Phi) is 6.28. The summed E-state index contributed by atoms with van der Waals surface area (Å²) in [6.07, 6.45) is 3.05. The molecule has 3 rings (SSSR count). The standard InChI is InChI=1S/C18H28N2O3/c1-21-9-10-23-17-4-2-3-15(11-17)12-19-13-18-14-20(7-8-22-18)16-5-6-16/h2-4,11,16,18-19H,5-10,12-14H2,1H3. The van der Waals surface area contributed by atoms with Gasteiger partial charge >= 0.3 is 0 Å². The Morgan fingerprint density at radius 2 is 2.22 bits per heavy atom. The predicted molar refractivity (Wildman–Crippen MR) is 89.9 cm³/mol. The summed E-state index contributed by atoms with van der Waals surface area (Å²) < 4.78 is 16.5. The molecule has 0 amide bonds. The van der Waals surface area contributed by atoms with Gasteiger partial charge in [-0.15, -0.1) is 0 Å². The largest absolute Gasteiger partial charge is 0.491 e. The molecule has 1 unspecified atom stereocenters. The van der Waals surface area contributed by atoms with Crippen molar-refractivity contribution in [1.29, 1.82) is 0 Å². The molecule has 0 spiro atoms. The molecule has 5 nitrogen and oxygen atoms in total. The highest BCUT2D eigenvalue weighted by Gasteiger charge is 2.32. The van der Waals surface area contributed by atoms with Gasteiger partial charge in [0.25, 0.3) is 0 Å². The Balaban J connectivity index is 1.38. The van der Waals surface area contributed by atoms with E-state index >= 15 is 0 Å². The maximum atomic E-state index is 5.87. The smallest absolute Gasteiger partial charge is 0.119 e. The van der Waals surface area contributed by atoms with Crippen molar-refractivity contribution < 1.29 is 14.2 Å². The van der Waals surface area contributed by atoms with Crippen molar-refractivity contribution in [3.05, 3.63) is 29.8 Å². The van der Waals surface area contributed by atoms with Gasteiger partial charge in [0.1, 0.15) is 12.4 Å². The summed E-state index contributed by atoms with van der Waals surface area (Å²) in [5.41, 5.74) is 1.23. The van der Waals surface area contributed by atoms with Crippen molar-refractivity contribution in [3.63, 3.8) is 0 Å². The van der Waals surface area contributed by atoms with Gasteiger partial charge in [0.15, 0.2) is 0 Å². The third kappa shape index (κ3) is 5.46. The number of morpholine rings is 1. The molecule has 1 aliphatic heterocycles. The number of ether oxygens (including phenoxy) is 3. The van der Waals surface area contributed by atoms with Gasteiger partial charge in [0.2, 0.25) is 0 Å². The van der Waals surface area contributed by atoms with Gasteiger partial charge in [-0.05, 0) is 30.5 Å². The van der Waals surface area contributed by atoms with Crippen LogP contribution in [0.5, 0.6) is 5.75 Å². The van der Waals surface area contributed by atoms with Gasteiger partial charge in [0.05, 0.1) is 19.3 Å². The Hall–Kier alpha value is -1.14. The third-order valence-electron chi connectivity index (χ3n) is 4.39. The highest BCUT2D eigenvalue weighted by atomic mass is 16.5. The molecule has 5 heteroatoms. The predicted octanol–water partition coefficient (Wildman–Crippen LogP) is 1.66. The Labute approximate surface area is 138 Å². The van der Waals surface area contributed by atoms with E-state index in [1.807, 2.05) is 12.1 Å². The molecule has 1 saturated heterocycles. The molecule has 1 heterocycles. The molecule has 0 bridgehead atoms. The number of nitrogens with one attached hydrogen (secondary N) is 1. The minimum Gasteiger partial charge on any atom is -0.491 e. The van der Waals surface area contributed by atoms with Crippen LogP contribution < -0.4 is 10.1 Å². The molecule has 128 valence electrons. The minimum atomic E-state index is 0.311. The molecule has 23 heavy (non-hydrogen) atoms. The molecule has 1 atom stereocenters. The van der Waals surface area contributed by atoms with Crippen LogP contribution in [0.1, 0.15) is 18.4 Å². The lowest BCUT2D eigenvalue weighted by molar-refractivity contribution is -0.0301. The highest BCUT2D eigenvalue weighted by Crippen LogP contribution is 2.28. The third-order valence-corrected chi connectivity index (χ3v) is 4.39. The van der Waals surface area contributed by atoms with Crippen LogP contribution in [0.3, 0.4) is 0 Å². The second-order valence-electron chi connectivity index (χ2n) is 6.34. The van der Waals surface area contributed by atoms with Gasteiger partial charge < -0.3 is 19.5 Å². The second-order valence-corrected chi connectivity index (χ2v) is 6.34. The number of benzene rings is 1. The molecule has 1 N–H and O–H groups in total. The van der Waals surface area contributed by atoms with Crippen molar-refractivity contribution in [2.24, 2.45) is 0 Å². The zero-order valence-corrected chi connectivity index (χ0v) is 14.0. The molecule has 2 aliphatic rings. The van der Waals surface area contributed by atoms with Crippen LogP contribution in [-0.4, -0.2) is 63.6 Å². The fourth-order valence-corrected chi connectivity index (χ4v) is 3.00. The molecular weight excluding hydrogens is 292 g/mol. The molecule has 1 aromatic rings. The van der Waals surface area contributed by atoms with Gasteiger partial charge in [-0.25, -0.2) is 0 Å². The highest BCUT2D eigenvalue weighted by molar-refractivity contribution is 5.28. The summed E-state index contributed by atoms with van der Waals surface area (Å²) in [7, 11) is 1.68. The van der Waals surface area contributed by atoms with Gasteiger partial charge in [0, 0.05) is 39.3 Å². The van der Waals surface area contributed by atoms with Crippen LogP contribution in [0.25, 0.3) is 0 Å². The number of hydrogen-bond acceptors (Lipinski definition) is 5. The van der Waals surface area contributed by atoms with Crippen LogP contribution in [0, 0.1) is 0 Å². The molecule has 1 saturated carbocycles. The molecule has 2 fully saturated rings. The van der Waals surface area contributed by atoms with Crippen LogP contribution in [0.15, 0.2) is 24.3 Å². The molecule has 0 radical (unpaired) electrons. The summed E-state index contributed by atoms with van der Waals surface area (Å²) in [5.74, 6) is 0.898. The first-order valence-corrected chi connectivity index (χ1v) is 8.62. The number of rotatable bonds is 9. The first-order valence-electron chi connectivity index (χ1n) is 8.62. The summed E-state index contributed by atoms with van der Waals surface area (Å²) in [4.78, 5) is 2.58. The second kappa shape index (κ2) is 8.64. The SMILES string of the molecule is COCCOc1cccc(CNCC2CN(C3CC3)CCO2)c1. The minimum absolute atomic E-state index is 0.311. The van der Waals surface area contributed by atoms with Crippen LogP contribution in [0.2, 0.25) is 0 Å². The summed E-state index contributed by atoms with van der Waals surface area (Å²) >= 11 is 0. The van der Waals surface area contributed by atoms with Gasteiger partial charge in [-0.3, -0.25) is 4.90 Å². The molecule has 1 aromatic carbocycles. The topological polar surface area (TPSA) is 43.0 Å². The molecule has 0 aromatic heterocycles. The van der Waals surface area contributed by atoms with Gasteiger partial charge in [-0.1, -0.05) is 12.1 Å². The first kappa shape index (κ1) is 16.7. The summed E-state index contributed by atoms with van der Waals surface area (Å²) in [6, 6.07) is 9.06. The van der Waals surface area contributed by atoms with Crippen molar-refractivity contribution in [3.8, 4) is 5.75 Å². The van der Waals surface area contributed by atoms with E-state index in [-0.39, 0.29) is 0 Å². The van der Waals surface area contributed by atoms with E-state index in [4.69, 9.17) is 14.2 Å². The van der Waals surface area contributed by atoms with E-state index in [2.05, 4.69) is 22.3 Å². The fourth-order valence-electron chi connectivity index (χ4n) is 3.00. The van der Waals surface area contributed by atoms with E-state index in [1.165, 1.54) is 18.4 Å². The van der Waals surface area contributed by atoms with Crippen molar-refractivity contribution in [2.45, 2.75) is 31.5 Å². The van der Waals surface area contributed by atoms with E-state index in [0.717, 1.165) is 44.6 Å². The monoisotopic (exact) mass is 320 g/mol. The summed E-state index contributed by atoms with van der Waals surface area (Å²) in [5, 5.41) is 3.51. The maximum Gasteiger partial charge on any atom is 0.119 e. The number of nitrogens with zero attached hydrogens (tertiary/aromatic N) is 1. The van der Waals surface area contributed by atoms with E-state index in [9.17, 15) is 0 Å². The number of hydrogen-bond donors (Lipinski definition) is 1. The Morgan fingerprint density at radius 1 is 1.30 bits per heavy atom. The van der Waals surface area contributed by atoms with Crippen molar-refractivity contribution in [2.75, 3.05) is 46.6 Å². The Morgan fingerprint density at radius 3 is 3.04 bits per heavy atom. The molecular formula is C18H28N2O3. The number of methoxy groups -OCH3 is 1. The Bertz CT molecular complexity index is 479. The van der Waals surface area contributed by atoms with Gasteiger partial charge in [-0.2, -0.15) is 0 Å². The lowest BCUT2D eigenvalue weighted by Gasteiger charge is -2.33. The van der Waals surface area contributed by atoms with Crippen LogP contribution in [0.4, 0.5) is 0 Å². The summed E-state index contributed by atoms with van der Waals surface area (Å²) in [6.45, 7) is 5.97. The maximum absolute atomic E-state index is 5.87. The van der Waals surface area contributed by atoms with Crippen LogP contribution >= 0.6 is 0 Å². The zero-order chi connectivity index (χ0) is 15.9. The van der Waals surface area contributed by atoms with E-state index in [0.29, 0.717) is 19.3 Å². The van der Waals surface area contributed by atoms with Crippen molar-refractivity contribution >= 4 is 0 Å². The first-order chi connectivity index (χ1) is 11.3. The molecule has 1 aliphatic carbocycles. The fraction of sp³-hybridized carbons (Fsp3) is 0.667. The zero-order valence-electron chi connectivity index (χ0n) is 14.0. The van der Waals surface area contributed by atoms with E-state index < -0.39 is 0 Å². The normalized spacial score (nSPS) is 22.2. The lowest BCUT2D eigenvalue weighted by atomic mass is 10.2.